The van der Waals surface area contributed by atoms with Crippen molar-refractivity contribution in [3.05, 3.63) is 71.4 Å². The summed E-state index contributed by atoms with van der Waals surface area (Å²) < 4.78 is 11.7. The molecule has 0 bridgehead atoms. The van der Waals surface area contributed by atoms with Crippen LogP contribution in [0, 0.1) is 0 Å². The molecule has 0 saturated heterocycles. The highest BCUT2D eigenvalue weighted by Crippen LogP contribution is 2.43. The van der Waals surface area contributed by atoms with E-state index in [4.69, 9.17) is 9.47 Å². The van der Waals surface area contributed by atoms with Crippen molar-refractivity contribution >= 4 is 11.7 Å². The van der Waals surface area contributed by atoms with E-state index in [1.165, 1.54) is 0 Å². The lowest BCUT2D eigenvalue weighted by Crippen LogP contribution is -2.23. The second-order valence-electron chi connectivity index (χ2n) is 6.16. The number of anilines is 1. The van der Waals surface area contributed by atoms with Crippen molar-refractivity contribution in [2.24, 2.45) is 0 Å². The van der Waals surface area contributed by atoms with Gasteiger partial charge < -0.3 is 14.8 Å². The molecule has 1 aliphatic rings. The van der Waals surface area contributed by atoms with Gasteiger partial charge in [-0.1, -0.05) is 42.5 Å². The lowest BCUT2D eigenvalue weighted by Gasteiger charge is -2.25. The van der Waals surface area contributed by atoms with Gasteiger partial charge in [0.25, 0.3) is 0 Å². The summed E-state index contributed by atoms with van der Waals surface area (Å²) in [7, 11) is 1.62. The predicted octanol–water partition coefficient (Wildman–Crippen LogP) is 3.47. The molecule has 0 spiro atoms. The molecule has 1 aromatic heterocycles. The van der Waals surface area contributed by atoms with Crippen molar-refractivity contribution in [1.29, 1.82) is 0 Å². The van der Waals surface area contributed by atoms with Gasteiger partial charge in [-0.3, -0.25) is 9.89 Å². The number of benzene rings is 2. The van der Waals surface area contributed by atoms with E-state index >= 15 is 0 Å². The molecular formula is C20H19N3O3. The Hall–Kier alpha value is -3.28. The molecule has 2 aromatic carbocycles. The lowest BCUT2D eigenvalue weighted by molar-refractivity contribution is -0.116. The number of H-pyrrole nitrogens is 1. The fourth-order valence-corrected chi connectivity index (χ4v) is 3.28. The Morgan fingerprint density at radius 2 is 1.96 bits per heavy atom. The van der Waals surface area contributed by atoms with Gasteiger partial charge in [0, 0.05) is 23.5 Å². The van der Waals surface area contributed by atoms with Crippen molar-refractivity contribution in [2.75, 3.05) is 12.4 Å². The normalized spacial score (nSPS) is 15.9. The molecule has 0 saturated carbocycles. The van der Waals surface area contributed by atoms with Gasteiger partial charge in [0.2, 0.25) is 5.91 Å². The Kier molecular flexibility index (Phi) is 4.31. The number of hydrogen-bond acceptors (Lipinski definition) is 4. The topological polar surface area (TPSA) is 76.2 Å². The van der Waals surface area contributed by atoms with E-state index in [2.05, 4.69) is 15.5 Å². The van der Waals surface area contributed by atoms with Crippen LogP contribution in [0.25, 0.3) is 0 Å². The van der Waals surface area contributed by atoms with Crippen LogP contribution in [0.15, 0.2) is 54.7 Å². The number of para-hydroxylation sites is 1. The Labute approximate surface area is 151 Å². The van der Waals surface area contributed by atoms with E-state index in [-0.39, 0.29) is 11.8 Å². The number of nitrogens with one attached hydrogen (secondary N) is 2. The Morgan fingerprint density at radius 3 is 2.77 bits per heavy atom. The summed E-state index contributed by atoms with van der Waals surface area (Å²) in [6.45, 7) is 0.422. The zero-order valence-electron chi connectivity index (χ0n) is 14.4. The minimum absolute atomic E-state index is 0.0522. The molecule has 0 unspecified atom stereocenters. The highest BCUT2D eigenvalue weighted by molar-refractivity contribution is 5.94. The molecule has 26 heavy (non-hydrogen) atoms. The minimum Gasteiger partial charge on any atom is -0.493 e. The van der Waals surface area contributed by atoms with Gasteiger partial charge in [0.05, 0.1) is 13.3 Å². The maximum atomic E-state index is 12.1. The number of rotatable bonds is 5. The largest absolute Gasteiger partial charge is 0.493 e. The van der Waals surface area contributed by atoms with E-state index in [1.807, 2.05) is 48.5 Å². The summed E-state index contributed by atoms with van der Waals surface area (Å²) in [6, 6.07) is 15.7. The van der Waals surface area contributed by atoms with Crippen LogP contribution in [0.5, 0.6) is 11.5 Å². The first kappa shape index (κ1) is 16.2. The fourth-order valence-electron chi connectivity index (χ4n) is 3.28. The molecule has 1 aliphatic heterocycles. The third-order valence-corrected chi connectivity index (χ3v) is 4.53. The summed E-state index contributed by atoms with van der Waals surface area (Å²) in [4.78, 5) is 12.1. The van der Waals surface area contributed by atoms with Crippen LogP contribution in [-0.2, 0) is 11.4 Å². The van der Waals surface area contributed by atoms with Gasteiger partial charge in [0.1, 0.15) is 12.4 Å². The molecule has 6 nitrogen and oxygen atoms in total. The van der Waals surface area contributed by atoms with Crippen molar-refractivity contribution in [3.63, 3.8) is 0 Å². The maximum Gasteiger partial charge on any atom is 0.226 e. The van der Waals surface area contributed by atoms with Crippen molar-refractivity contribution < 1.29 is 14.3 Å². The minimum atomic E-state index is -0.140. The number of fused-ring (bicyclic) bond motifs is 1. The first-order valence-electron chi connectivity index (χ1n) is 8.43. The molecule has 2 heterocycles. The van der Waals surface area contributed by atoms with Gasteiger partial charge >= 0.3 is 0 Å². The van der Waals surface area contributed by atoms with Gasteiger partial charge in [0.15, 0.2) is 11.5 Å². The van der Waals surface area contributed by atoms with E-state index < -0.39 is 0 Å². The number of ether oxygens (including phenoxy) is 2. The monoisotopic (exact) mass is 349 g/mol. The summed E-state index contributed by atoms with van der Waals surface area (Å²) in [5.74, 6) is 1.75. The number of methoxy groups -OCH3 is 1. The Balaban J connectivity index is 1.72. The highest BCUT2D eigenvalue weighted by atomic mass is 16.5. The standard InChI is InChI=1S/C20H19N3O3/c1-25-17-9-5-8-14(19(17)26-12-13-6-3-2-4-7-13)15-10-18(24)22-20-16(15)11-21-23-20/h2-9,11,15H,10,12H2,1H3,(H2,21,22,23,24)/t15-/m1/s1. The van der Waals surface area contributed by atoms with Crippen LogP contribution < -0.4 is 14.8 Å². The van der Waals surface area contributed by atoms with E-state index in [1.54, 1.807) is 13.3 Å². The Morgan fingerprint density at radius 1 is 1.12 bits per heavy atom. The van der Waals surface area contributed by atoms with Crippen LogP contribution in [0.3, 0.4) is 0 Å². The first-order chi connectivity index (χ1) is 12.8. The number of amides is 1. The average Bonchev–Trinajstić information content (AvgIpc) is 3.14. The number of aromatic amines is 1. The average molecular weight is 349 g/mol. The molecule has 0 fully saturated rings. The highest BCUT2D eigenvalue weighted by Gasteiger charge is 2.31. The molecule has 1 atom stereocenters. The van der Waals surface area contributed by atoms with E-state index in [9.17, 15) is 4.79 Å². The molecule has 4 rings (SSSR count). The van der Waals surface area contributed by atoms with Crippen molar-refractivity contribution in [1.82, 2.24) is 10.2 Å². The third-order valence-electron chi connectivity index (χ3n) is 4.53. The second-order valence-corrected chi connectivity index (χ2v) is 6.16. The van der Waals surface area contributed by atoms with Crippen molar-refractivity contribution in [3.8, 4) is 11.5 Å². The smallest absolute Gasteiger partial charge is 0.226 e. The zero-order valence-corrected chi connectivity index (χ0v) is 14.4. The predicted molar refractivity (Wildman–Crippen MR) is 97.4 cm³/mol. The summed E-state index contributed by atoms with van der Waals surface area (Å²) in [5, 5.41) is 9.72. The van der Waals surface area contributed by atoms with Gasteiger partial charge in [-0.25, -0.2) is 0 Å². The van der Waals surface area contributed by atoms with E-state index in [0.29, 0.717) is 30.3 Å². The van der Waals surface area contributed by atoms with Crippen LogP contribution in [-0.4, -0.2) is 23.2 Å². The van der Waals surface area contributed by atoms with Crippen molar-refractivity contribution in [2.45, 2.75) is 18.9 Å². The molecule has 1 amide bonds. The first-order valence-corrected chi connectivity index (χ1v) is 8.43. The number of carbonyl (C=O) groups excluding carboxylic acids is 1. The van der Waals surface area contributed by atoms with Crippen LogP contribution in [0.1, 0.15) is 29.0 Å². The Bertz CT molecular complexity index is 921. The van der Waals surface area contributed by atoms with Crippen LogP contribution >= 0.6 is 0 Å². The molecule has 2 N–H and O–H groups in total. The number of aromatic nitrogens is 2. The summed E-state index contributed by atoms with van der Waals surface area (Å²) in [6.07, 6.45) is 2.08. The maximum absolute atomic E-state index is 12.1. The molecule has 3 aromatic rings. The molecule has 0 aliphatic carbocycles. The van der Waals surface area contributed by atoms with Gasteiger partial charge in [-0.15, -0.1) is 0 Å². The fraction of sp³-hybridized carbons (Fsp3) is 0.200. The van der Waals surface area contributed by atoms with Crippen LogP contribution in [0.4, 0.5) is 5.82 Å². The second kappa shape index (κ2) is 6.92. The summed E-state index contributed by atoms with van der Waals surface area (Å²) >= 11 is 0. The van der Waals surface area contributed by atoms with E-state index in [0.717, 1.165) is 16.7 Å². The SMILES string of the molecule is COc1cccc([C@H]2CC(=O)Nc3[nH]ncc32)c1OCc1ccccc1. The van der Waals surface area contributed by atoms with Crippen LogP contribution in [0.2, 0.25) is 0 Å². The number of carbonyl (C=O) groups is 1. The zero-order chi connectivity index (χ0) is 17.9. The number of hydrogen-bond donors (Lipinski definition) is 2. The quantitative estimate of drug-likeness (QED) is 0.739. The summed E-state index contributed by atoms with van der Waals surface area (Å²) in [5.41, 5.74) is 2.93. The number of nitrogens with zero attached hydrogens (tertiary/aromatic N) is 1. The molecule has 6 heteroatoms. The van der Waals surface area contributed by atoms with Gasteiger partial charge in [-0.2, -0.15) is 5.10 Å². The molecular weight excluding hydrogens is 330 g/mol. The lowest BCUT2D eigenvalue weighted by atomic mass is 9.86. The molecule has 0 radical (unpaired) electrons. The molecule has 132 valence electrons. The van der Waals surface area contributed by atoms with Gasteiger partial charge in [-0.05, 0) is 11.6 Å². The third kappa shape index (κ3) is 3.01.